The van der Waals surface area contributed by atoms with Gasteiger partial charge < -0.3 is 10.5 Å². The van der Waals surface area contributed by atoms with Crippen LogP contribution in [0.25, 0.3) is 0 Å². The van der Waals surface area contributed by atoms with Crippen LogP contribution in [0.2, 0.25) is 0 Å². The van der Waals surface area contributed by atoms with Crippen LogP contribution in [0.4, 0.5) is 4.39 Å². The van der Waals surface area contributed by atoms with E-state index in [4.69, 9.17) is 10.5 Å². The van der Waals surface area contributed by atoms with Gasteiger partial charge in [0, 0.05) is 12.0 Å². The first-order chi connectivity index (χ1) is 7.54. The predicted octanol–water partition coefficient (Wildman–Crippen LogP) is 2.27. The number of amides is 1. The van der Waals surface area contributed by atoms with E-state index in [9.17, 15) is 9.18 Å². The lowest BCUT2D eigenvalue weighted by atomic mass is 10.2. The molecule has 3 nitrogen and oxygen atoms in total. The highest BCUT2D eigenvalue weighted by atomic mass is 19.1. The number of primary amides is 1. The topological polar surface area (TPSA) is 52.3 Å². The third-order valence-corrected chi connectivity index (χ3v) is 2.04. The first-order valence-corrected chi connectivity index (χ1v) is 4.91. The Hall–Kier alpha value is -1.84. The molecule has 1 atom stereocenters. The average molecular weight is 223 g/mol. The second-order valence-electron chi connectivity index (χ2n) is 3.46. The Morgan fingerprint density at radius 3 is 2.88 bits per heavy atom. The Labute approximate surface area is 93.7 Å². The molecule has 1 amide bonds. The molecule has 0 aliphatic heterocycles. The third kappa shape index (κ3) is 3.08. The van der Waals surface area contributed by atoms with Crippen molar-refractivity contribution in [2.24, 2.45) is 5.73 Å². The molecule has 0 heterocycles. The van der Waals surface area contributed by atoms with E-state index in [0.717, 1.165) is 6.07 Å². The summed E-state index contributed by atoms with van der Waals surface area (Å²) in [7, 11) is 0. The second kappa shape index (κ2) is 5.30. The number of carbonyl (C=O) groups is 1. The maximum Gasteiger partial charge on any atom is 0.248 e. The summed E-state index contributed by atoms with van der Waals surface area (Å²) in [6.07, 6.45) is 2.16. The summed E-state index contributed by atoms with van der Waals surface area (Å²) in [5, 5.41) is 0. The standard InChI is InChI=1S/C12H14FNO2/c1-3-4-8(2)16-11-6-5-9(12(14)15)7-10(11)13/h3,5-8H,1,4H2,2H3,(H2,14,15). The van der Waals surface area contributed by atoms with Crippen LogP contribution >= 0.6 is 0 Å². The van der Waals surface area contributed by atoms with Crippen molar-refractivity contribution < 1.29 is 13.9 Å². The van der Waals surface area contributed by atoms with Gasteiger partial charge >= 0.3 is 0 Å². The summed E-state index contributed by atoms with van der Waals surface area (Å²) in [6, 6.07) is 3.90. The number of benzene rings is 1. The quantitative estimate of drug-likeness (QED) is 0.778. The number of halogens is 1. The summed E-state index contributed by atoms with van der Waals surface area (Å²) in [4.78, 5) is 10.8. The number of nitrogens with two attached hydrogens (primary N) is 1. The fourth-order valence-electron chi connectivity index (χ4n) is 1.25. The molecule has 2 N–H and O–H groups in total. The second-order valence-corrected chi connectivity index (χ2v) is 3.46. The lowest BCUT2D eigenvalue weighted by molar-refractivity contribution is 0.0999. The van der Waals surface area contributed by atoms with Crippen LogP contribution in [0.3, 0.4) is 0 Å². The molecular weight excluding hydrogens is 209 g/mol. The van der Waals surface area contributed by atoms with Gasteiger partial charge in [0.25, 0.3) is 0 Å². The molecule has 0 saturated carbocycles. The molecule has 0 saturated heterocycles. The van der Waals surface area contributed by atoms with Crippen LogP contribution in [0.15, 0.2) is 30.9 Å². The van der Waals surface area contributed by atoms with Gasteiger partial charge in [0.1, 0.15) is 0 Å². The molecule has 86 valence electrons. The van der Waals surface area contributed by atoms with E-state index in [2.05, 4.69) is 6.58 Å². The Kier molecular flexibility index (Phi) is 4.05. The molecule has 0 aromatic heterocycles. The van der Waals surface area contributed by atoms with E-state index >= 15 is 0 Å². The first kappa shape index (κ1) is 12.2. The minimum atomic E-state index is -0.662. The summed E-state index contributed by atoms with van der Waals surface area (Å²) in [5.41, 5.74) is 5.15. The number of hydrogen-bond acceptors (Lipinski definition) is 2. The Bertz CT molecular complexity index is 404. The zero-order valence-corrected chi connectivity index (χ0v) is 9.07. The van der Waals surface area contributed by atoms with E-state index in [1.807, 2.05) is 6.92 Å². The van der Waals surface area contributed by atoms with Crippen LogP contribution in [0.1, 0.15) is 23.7 Å². The predicted molar refractivity (Wildman–Crippen MR) is 59.8 cm³/mol. The number of hydrogen-bond donors (Lipinski definition) is 1. The summed E-state index contributed by atoms with van der Waals surface area (Å²) < 4.78 is 18.8. The monoisotopic (exact) mass is 223 g/mol. The van der Waals surface area contributed by atoms with Crippen molar-refractivity contribution in [3.05, 3.63) is 42.2 Å². The van der Waals surface area contributed by atoms with Gasteiger partial charge in [-0.2, -0.15) is 0 Å². The normalized spacial score (nSPS) is 11.9. The molecule has 0 spiro atoms. The Balaban J connectivity index is 2.82. The van der Waals surface area contributed by atoms with Gasteiger partial charge in [0.05, 0.1) is 6.10 Å². The minimum absolute atomic E-state index is 0.111. The van der Waals surface area contributed by atoms with Gasteiger partial charge in [-0.05, 0) is 25.1 Å². The smallest absolute Gasteiger partial charge is 0.248 e. The van der Waals surface area contributed by atoms with Crippen molar-refractivity contribution in [3.63, 3.8) is 0 Å². The molecular formula is C12H14FNO2. The molecule has 0 aliphatic carbocycles. The van der Waals surface area contributed by atoms with Crippen LogP contribution in [-0.2, 0) is 0 Å². The van der Waals surface area contributed by atoms with Gasteiger partial charge in [0.15, 0.2) is 11.6 Å². The van der Waals surface area contributed by atoms with E-state index in [1.165, 1.54) is 12.1 Å². The maximum atomic E-state index is 13.5. The van der Waals surface area contributed by atoms with Crippen LogP contribution in [0.5, 0.6) is 5.75 Å². The molecule has 0 aliphatic rings. The summed E-state index contributed by atoms with van der Waals surface area (Å²) in [6.45, 7) is 5.38. The molecule has 0 bridgehead atoms. The van der Waals surface area contributed by atoms with Crippen LogP contribution in [-0.4, -0.2) is 12.0 Å². The van der Waals surface area contributed by atoms with Crippen molar-refractivity contribution >= 4 is 5.91 Å². The number of carbonyl (C=O) groups excluding carboxylic acids is 1. The number of rotatable bonds is 5. The van der Waals surface area contributed by atoms with Crippen molar-refractivity contribution in [1.29, 1.82) is 0 Å². The highest BCUT2D eigenvalue weighted by Gasteiger charge is 2.10. The fraction of sp³-hybridized carbons (Fsp3) is 0.250. The highest BCUT2D eigenvalue weighted by Crippen LogP contribution is 2.20. The molecule has 1 aromatic carbocycles. The van der Waals surface area contributed by atoms with Crippen LogP contribution in [0, 0.1) is 5.82 Å². The van der Waals surface area contributed by atoms with E-state index < -0.39 is 11.7 Å². The average Bonchev–Trinajstić information content (AvgIpc) is 2.21. The first-order valence-electron chi connectivity index (χ1n) is 4.91. The summed E-state index contributed by atoms with van der Waals surface area (Å²) >= 11 is 0. The fourth-order valence-corrected chi connectivity index (χ4v) is 1.25. The maximum absolute atomic E-state index is 13.5. The van der Waals surface area contributed by atoms with E-state index in [0.29, 0.717) is 6.42 Å². The van der Waals surface area contributed by atoms with Crippen molar-refractivity contribution in [3.8, 4) is 5.75 Å². The van der Waals surface area contributed by atoms with E-state index in [1.54, 1.807) is 6.08 Å². The molecule has 0 fully saturated rings. The Morgan fingerprint density at radius 2 is 2.38 bits per heavy atom. The van der Waals surface area contributed by atoms with Gasteiger partial charge in [-0.15, -0.1) is 6.58 Å². The van der Waals surface area contributed by atoms with Crippen molar-refractivity contribution in [2.75, 3.05) is 0 Å². The van der Waals surface area contributed by atoms with Crippen molar-refractivity contribution in [1.82, 2.24) is 0 Å². The zero-order chi connectivity index (χ0) is 12.1. The number of ether oxygens (including phenoxy) is 1. The molecule has 0 radical (unpaired) electrons. The zero-order valence-electron chi connectivity index (χ0n) is 9.07. The largest absolute Gasteiger partial charge is 0.487 e. The molecule has 1 rings (SSSR count). The van der Waals surface area contributed by atoms with Gasteiger partial charge in [0.2, 0.25) is 5.91 Å². The molecule has 1 unspecified atom stereocenters. The van der Waals surface area contributed by atoms with Gasteiger partial charge in [-0.1, -0.05) is 6.08 Å². The minimum Gasteiger partial charge on any atom is -0.487 e. The van der Waals surface area contributed by atoms with Gasteiger partial charge in [-0.3, -0.25) is 4.79 Å². The summed E-state index contributed by atoms with van der Waals surface area (Å²) in [5.74, 6) is -1.14. The molecule has 16 heavy (non-hydrogen) atoms. The van der Waals surface area contributed by atoms with Crippen LogP contribution < -0.4 is 10.5 Å². The van der Waals surface area contributed by atoms with E-state index in [-0.39, 0.29) is 17.4 Å². The SMILES string of the molecule is C=CCC(C)Oc1ccc(C(N)=O)cc1F. The molecule has 1 aromatic rings. The third-order valence-electron chi connectivity index (χ3n) is 2.04. The van der Waals surface area contributed by atoms with Gasteiger partial charge in [-0.25, -0.2) is 4.39 Å². The lowest BCUT2D eigenvalue weighted by Crippen LogP contribution is -2.13. The lowest BCUT2D eigenvalue weighted by Gasteiger charge is -2.13. The Morgan fingerprint density at radius 1 is 1.69 bits per heavy atom. The highest BCUT2D eigenvalue weighted by molar-refractivity contribution is 5.92. The van der Waals surface area contributed by atoms with Crippen molar-refractivity contribution in [2.45, 2.75) is 19.4 Å². The molecule has 4 heteroatoms.